The van der Waals surface area contributed by atoms with Gasteiger partial charge in [0.25, 0.3) is 0 Å². The summed E-state index contributed by atoms with van der Waals surface area (Å²) < 4.78 is 22.7. The lowest BCUT2D eigenvalue weighted by Gasteiger charge is -2.23. The second-order valence-electron chi connectivity index (χ2n) is 4.96. The van der Waals surface area contributed by atoms with Gasteiger partial charge in [-0.05, 0) is 31.4 Å². The smallest absolute Gasteiger partial charge is 0.335 e. The normalized spacial score (nSPS) is 18.6. The number of rotatable bonds is 4. The van der Waals surface area contributed by atoms with Crippen molar-refractivity contribution in [2.45, 2.75) is 32.2 Å². The van der Waals surface area contributed by atoms with Gasteiger partial charge in [-0.25, -0.2) is 18.2 Å². The van der Waals surface area contributed by atoms with Crippen molar-refractivity contribution in [3.05, 3.63) is 23.4 Å². The zero-order valence-corrected chi connectivity index (χ0v) is 12.1. The Labute approximate surface area is 118 Å². The lowest BCUT2D eigenvalue weighted by atomic mass is 10.1. The van der Waals surface area contributed by atoms with Crippen LogP contribution in [-0.4, -0.2) is 42.0 Å². The van der Waals surface area contributed by atoms with Gasteiger partial charge in [-0.3, -0.25) is 0 Å². The molecule has 0 aliphatic carbocycles. The zero-order chi connectivity index (χ0) is 14.8. The number of nitrogens with one attached hydrogen (secondary N) is 1. The molecule has 0 bridgehead atoms. The van der Waals surface area contributed by atoms with E-state index in [1.807, 2.05) is 6.92 Å². The Kier molecular flexibility index (Phi) is 4.27. The molecule has 1 saturated heterocycles. The third kappa shape index (κ3) is 3.69. The lowest BCUT2D eigenvalue weighted by Crippen LogP contribution is -2.32. The van der Waals surface area contributed by atoms with E-state index in [4.69, 9.17) is 5.11 Å². The predicted octanol–water partition coefficient (Wildman–Crippen LogP) is 1.33. The molecule has 2 heterocycles. The van der Waals surface area contributed by atoms with Crippen LogP contribution in [0.3, 0.4) is 0 Å². The van der Waals surface area contributed by atoms with E-state index < -0.39 is 15.8 Å². The highest BCUT2D eigenvalue weighted by atomic mass is 32.2. The van der Waals surface area contributed by atoms with E-state index in [0.29, 0.717) is 30.8 Å². The largest absolute Gasteiger partial charge is 0.478 e. The minimum atomic E-state index is -2.90. The molecule has 2 rings (SSSR count). The Morgan fingerprint density at radius 2 is 2.05 bits per heavy atom. The minimum Gasteiger partial charge on any atom is -0.478 e. The quantitative estimate of drug-likeness (QED) is 0.870. The number of pyridine rings is 1. The first-order valence-corrected chi connectivity index (χ1v) is 8.43. The molecule has 6 nitrogen and oxygen atoms in total. The van der Waals surface area contributed by atoms with E-state index in [1.165, 1.54) is 6.07 Å². The van der Waals surface area contributed by atoms with E-state index in [-0.39, 0.29) is 23.1 Å². The van der Waals surface area contributed by atoms with E-state index in [9.17, 15) is 13.2 Å². The van der Waals surface area contributed by atoms with Crippen LogP contribution >= 0.6 is 0 Å². The van der Waals surface area contributed by atoms with Gasteiger partial charge in [0, 0.05) is 11.7 Å². The van der Waals surface area contributed by atoms with Crippen LogP contribution in [-0.2, 0) is 16.3 Å². The van der Waals surface area contributed by atoms with Crippen LogP contribution in [0.1, 0.15) is 35.8 Å². The van der Waals surface area contributed by atoms with Gasteiger partial charge in [0.2, 0.25) is 0 Å². The maximum absolute atomic E-state index is 11.4. The van der Waals surface area contributed by atoms with Crippen molar-refractivity contribution in [2.75, 3.05) is 16.8 Å². The molecule has 7 heteroatoms. The molecule has 0 spiro atoms. The topological polar surface area (TPSA) is 96.4 Å². The zero-order valence-electron chi connectivity index (χ0n) is 11.3. The number of anilines is 1. The van der Waals surface area contributed by atoms with E-state index in [1.54, 1.807) is 6.07 Å². The van der Waals surface area contributed by atoms with E-state index in [2.05, 4.69) is 10.3 Å². The molecule has 0 saturated carbocycles. The number of carboxylic acids is 1. The highest BCUT2D eigenvalue weighted by Crippen LogP contribution is 2.18. The van der Waals surface area contributed by atoms with Gasteiger partial charge in [0.1, 0.15) is 15.7 Å². The second-order valence-corrected chi connectivity index (χ2v) is 7.27. The summed E-state index contributed by atoms with van der Waals surface area (Å²) in [7, 11) is -2.90. The number of hydrogen-bond donors (Lipinski definition) is 2. The first kappa shape index (κ1) is 14.8. The summed E-state index contributed by atoms with van der Waals surface area (Å²) in [4.78, 5) is 15.4. The molecule has 1 aromatic heterocycles. The van der Waals surface area contributed by atoms with Gasteiger partial charge in [0.15, 0.2) is 0 Å². The summed E-state index contributed by atoms with van der Waals surface area (Å²) in [5.74, 6) is -0.143. The van der Waals surface area contributed by atoms with Crippen molar-refractivity contribution in [1.29, 1.82) is 0 Å². The van der Waals surface area contributed by atoms with Gasteiger partial charge >= 0.3 is 5.97 Å². The fourth-order valence-corrected chi connectivity index (χ4v) is 3.70. The Bertz CT molecular complexity index is 599. The predicted molar refractivity (Wildman–Crippen MR) is 75.9 cm³/mol. The summed E-state index contributed by atoms with van der Waals surface area (Å²) in [6.45, 7) is 1.91. The molecule has 0 unspecified atom stereocenters. The van der Waals surface area contributed by atoms with Crippen LogP contribution in [0, 0.1) is 0 Å². The molecule has 0 radical (unpaired) electrons. The molecule has 2 N–H and O–H groups in total. The van der Waals surface area contributed by atoms with E-state index in [0.717, 1.165) is 0 Å². The van der Waals surface area contributed by atoms with Crippen LogP contribution < -0.4 is 5.32 Å². The molecule has 1 fully saturated rings. The Hall–Kier alpha value is -1.63. The number of carbonyl (C=O) groups is 1. The Morgan fingerprint density at radius 1 is 1.40 bits per heavy atom. The molecular weight excluding hydrogens is 280 g/mol. The molecule has 0 aromatic carbocycles. The summed E-state index contributed by atoms with van der Waals surface area (Å²) in [5.41, 5.74) is 0.901. The van der Waals surface area contributed by atoms with Gasteiger partial charge in [-0.1, -0.05) is 6.92 Å². The molecule has 110 valence electrons. The Balaban J connectivity index is 2.13. The maximum atomic E-state index is 11.4. The first-order valence-electron chi connectivity index (χ1n) is 6.61. The average Bonchev–Trinajstić information content (AvgIpc) is 2.41. The average molecular weight is 298 g/mol. The summed E-state index contributed by atoms with van der Waals surface area (Å²) in [6.07, 6.45) is 1.71. The number of sulfone groups is 1. The highest BCUT2D eigenvalue weighted by Gasteiger charge is 2.23. The second kappa shape index (κ2) is 5.78. The van der Waals surface area contributed by atoms with Crippen molar-refractivity contribution in [2.24, 2.45) is 0 Å². The molecule has 1 aliphatic rings. The number of aryl methyl sites for hydroxylation is 1. The molecule has 0 atom stereocenters. The van der Waals surface area contributed by atoms with Crippen molar-refractivity contribution in [3.63, 3.8) is 0 Å². The van der Waals surface area contributed by atoms with Crippen LogP contribution in [0.25, 0.3) is 0 Å². The van der Waals surface area contributed by atoms with Crippen molar-refractivity contribution in [1.82, 2.24) is 4.98 Å². The van der Waals surface area contributed by atoms with Crippen LogP contribution in [0.5, 0.6) is 0 Å². The number of carboxylic acid groups (broad SMARTS) is 1. The third-order valence-electron chi connectivity index (χ3n) is 3.39. The van der Waals surface area contributed by atoms with Gasteiger partial charge in [0.05, 0.1) is 17.1 Å². The fraction of sp³-hybridized carbons (Fsp3) is 0.538. The first-order chi connectivity index (χ1) is 9.39. The minimum absolute atomic E-state index is 0.0276. The van der Waals surface area contributed by atoms with Gasteiger partial charge in [-0.2, -0.15) is 0 Å². The summed E-state index contributed by atoms with van der Waals surface area (Å²) in [6, 6.07) is 3.07. The van der Waals surface area contributed by atoms with Crippen molar-refractivity contribution < 1.29 is 18.3 Å². The van der Waals surface area contributed by atoms with Crippen molar-refractivity contribution in [3.8, 4) is 0 Å². The molecule has 20 heavy (non-hydrogen) atoms. The maximum Gasteiger partial charge on any atom is 0.335 e. The van der Waals surface area contributed by atoms with Crippen LogP contribution in [0.2, 0.25) is 0 Å². The number of aromatic nitrogens is 1. The highest BCUT2D eigenvalue weighted by molar-refractivity contribution is 7.91. The molecular formula is C13H18N2O4S. The van der Waals surface area contributed by atoms with Crippen LogP contribution in [0.15, 0.2) is 12.1 Å². The van der Waals surface area contributed by atoms with Crippen molar-refractivity contribution >= 4 is 21.6 Å². The SMILES string of the molecule is CCc1cc(C(=O)O)cc(NC2CCS(=O)(=O)CC2)n1. The number of aromatic carboxylic acids is 1. The molecule has 1 aliphatic heterocycles. The fourth-order valence-electron chi connectivity index (χ4n) is 2.21. The number of hydrogen-bond acceptors (Lipinski definition) is 5. The molecule has 1 aromatic rings. The Morgan fingerprint density at radius 3 is 2.60 bits per heavy atom. The molecule has 0 amide bonds. The third-order valence-corrected chi connectivity index (χ3v) is 5.11. The lowest BCUT2D eigenvalue weighted by molar-refractivity contribution is 0.0696. The van der Waals surface area contributed by atoms with E-state index >= 15 is 0 Å². The standard InChI is InChI=1S/C13H18N2O4S/c1-2-10-7-9(13(16)17)8-12(14-10)15-11-3-5-20(18,19)6-4-11/h7-8,11H,2-6H2,1H3,(H,14,15)(H,16,17). The monoisotopic (exact) mass is 298 g/mol. The summed E-state index contributed by atoms with van der Waals surface area (Å²) >= 11 is 0. The number of nitrogens with zero attached hydrogens (tertiary/aromatic N) is 1. The van der Waals surface area contributed by atoms with Crippen LogP contribution in [0.4, 0.5) is 5.82 Å². The summed E-state index contributed by atoms with van der Waals surface area (Å²) in [5, 5.41) is 12.2. The van der Waals surface area contributed by atoms with Gasteiger partial charge in [-0.15, -0.1) is 0 Å². The van der Waals surface area contributed by atoms with Gasteiger partial charge < -0.3 is 10.4 Å².